The average molecular weight is 198 g/mol. The predicted molar refractivity (Wildman–Crippen MR) is 54.2 cm³/mol. The molecule has 0 amide bonds. The van der Waals surface area contributed by atoms with Crippen LogP contribution in [-0.4, -0.2) is 15.1 Å². The van der Waals surface area contributed by atoms with Crippen LogP contribution >= 0.6 is 0 Å². The first-order valence-electron chi connectivity index (χ1n) is 4.27. The molecule has 1 unspecified atom stereocenters. The number of phenols is 1. The lowest BCUT2D eigenvalue weighted by atomic mass is 10.3. The summed E-state index contributed by atoms with van der Waals surface area (Å²) in [5.74, 6) is 1.31. The molecule has 0 spiro atoms. The molecule has 72 valence electrons. The van der Waals surface area contributed by atoms with Gasteiger partial charge in [0, 0.05) is 10.6 Å². The highest BCUT2D eigenvalue weighted by molar-refractivity contribution is 7.85. The van der Waals surface area contributed by atoms with Crippen LogP contribution in [0.4, 0.5) is 0 Å². The third-order valence-electron chi connectivity index (χ3n) is 1.58. The maximum atomic E-state index is 11.6. The molecule has 0 fully saturated rings. The Kier molecular flexibility index (Phi) is 3.48. The monoisotopic (exact) mass is 198 g/mol. The molecule has 1 rings (SSSR count). The van der Waals surface area contributed by atoms with Crippen molar-refractivity contribution in [2.75, 3.05) is 5.75 Å². The Morgan fingerprint density at radius 3 is 2.31 bits per heavy atom. The summed E-state index contributed by atoms with van der Waals surface area (Å²) in [6.45, 7) is 4.08. The van der Waals surface area contributed by atoms with Crippen molar-refractivity contribution in [1.29, 1.82) is 0 Å². The second-order valence-electron chi connectivity index (χ2n) is 3.40. The van der Waals surface area contributed by atoms with Crippen LogP contribution in [0.1, 0.15) is 13.8 Å². The summed E-state index contributed by atoms with van der Waals surface area (Å²) in [5.41, 5.74) is 0. The van der Waals surface area contributed by atoms with Crippen molar-refractivity contribution >= 4 is 10.8 Å². The summed E-state index contributed by atoms with van der Waals surface area (Å²) in [4.78, 5) is 0.784. The minimum atomic E-state index is -0.933. The van der Waals surface area contributed by atoms with Crippen LogP contribution < -0.4 is 0 Å². The molecule has 1 N–H and O–H groups in total. The molecule has 0 aliphatic rings. The quantitative estimate of drug-likeness (QED) is 0.808. The predicted octanol–water partition coefficient (Wildman–Crippen LogP) is 2.16. The van der Waals surface area contributed by atoms with E-state index in [1.54, 1.807) is 24.3 Å². The normalized spacial score (nSPS) is 13.2. The van der Waals surface area contributed by atoms with Gasteiger partial charge in [-0.2, -0.15) is 0 Å². The fraction of sp³-hybridized carbons (Fsp3) is 0.400. The molecule has 0 saturated heterocycles. The van der Waals surface area contributed by atoms with E-state index in [9.17, 15) is 4.21 Å². The van der Waals surface area contributed by atoms with Crippen molar-refractivity contribution in [2.24, 2.45) is 5.92 Å². The molecular weight excluding hydrogens is 184 g/mol. The lowest BCUT2D eigenvalue weighted by Crippen LogP contribution is -2.04. The molecular formula is C10H14O2S. The second kappa shape index (κ2) is 4.42. The van der Waals surface area contributed by atoms with Gasteiger partial charge >= 0.3 is 0 Å². The minimum Gasteiger partial charge on any atom is -0.508 e. The van der Waals surface area contributed by atoms with Crippen LogP contribution in [0.5, 0.6) is 5.75 Å². The fourth-order valence-corrected chi connectivity index (χ4v) is 2.23. The first-order valence-corrected chi connectivity index (χ1v) is 5.59. The summed E-state index contributed by atoms with van der Waals surface area (Å²) in [6.07, 6.45) is 0. The lowest BCUT2D eigenvalue weighted by Gasteiger charge is -2.04. The Morgan fingerprint density at radius 2 is 1.85 bits per heavy atom. The molecule has 0 saturated carbocycles. The summed E-state index contributed by atoms with van der Waals surface area (Å²) in [5, 5.41) is 9.02. The van der Waals surface area contributed by atoms with Gasteiger partial charge in [0.2, 0.25) is 0 Å². The van der Waals surface area contributed by atoms with Crippen LogP contribution in [0.3, 0.4) is 0 Å². The Bertz CT molecular complexity index is 290. The number of hydrogen-bond donors (Lipinski definition) is 1. The van der Waals surface area contributed by atoms with Crippen LogP contribution in [0.2, 0.25) is 0 Å². The molecule has 1 atom stereocenters. The van der Waals surface area contributed by atoms with Crippen LogP contribution in [0, 0.1) is 5.92 Å². The van der Waals surface area contributed by atoms with Gasteiger partial charge in [0.1, 0.15) is 5.75 Å². The van der Waals surface area contributed by atoms with Gasteiger partial charge in [-0.1, -0.05) is 13.8 Å². The zero-order valence-electron chi connectivity index (χ0n) is 7.86. The van der Waals surface area contributed by atoms with Gasteiger partial charge in [-0.3, -0.25) is 4.21 Å². The van der Waals surface area contributed by atoms with Crippen LogP contribution in [0.15, 0.2) is 29.2 Å². The zero-order chi connectivity index (χ0) is 9.84. The van der Waals surface area contributed by atoms with E-state index in [1.165, 1.54) is 0 Å². The third-order valence-corrected chi connectivity index (χ3v) is 3.35. The number of hydrogen-bond acceptors (Lipinski definition) is 2. The fourth-order valence-electron chi connectivity index (χ4n) is 0.997. The zero-order valence-corrected chi connectivity index (χ0v) is 8.67. The Hall–Kier alpha value is -0.830. The van der Waals surface area contributed by atoms with Gasteiger partial charge in [-0.05, 0) is 30.2 Å². The van der Waals surface area contributed by atoms with Gasteiger partial charge in [-0.25, -0.2) is 0 Å². The van der Waals surface area contributed by atoms with Gasteiger partial charge in [0.25, 0.3) is 0 Å². The lowest BCUT2D eigenvalue weighted by molar-refractivity contribution is 0.475. The Balaban J connectivity index is 2.72. The first-order chi connectivity index (χ1) is 6.09. The molecule has 3 heteroatoms. The summed E-state index contributed by atoms with van der Waals surface area (Å²) in [6, 6.07) is 6.53. The summed E-state index contributed by atoms with van der Waals surface area (Å²) in [7, 11) is -0.933. The number of aromatic hydroxyl groups is 1. The van der Waals surface area contributed by atoms with Crippen molar-refractivity contribution in [3.05, 3.63) is 24.3 Å². The maximum Gasteiger partial charge on any atom is 0.115 e. The highest BCUT2D eigenvalue weighted by Crippen LogP contribution is 2.14. The van der Waals surface area contributed by atoms with Crippen molar-refractivity contribution in [3.8, 4) is 5.75 Å². The SMILES string of the molecule is CC(C)CS(=O)c1ccc(O)cc1. The van der Waals surface area contributed by atoms with Crippen molar-refractivity contribution in [1.82, 2.24) is 0 Å². The minimum absolute atomic E-state index is 0.213. The smallest absolute Gasteiger partial charge is 0.115 e. The van der Waals surface area contributed by atoms with Crippen LogP contribution in [0.25, 0.3) is 0 Å². The molecule has 2 nitrogen and oxygen atoms in total. The molecule has 1 aromatic carbocycles. The van der Waals surface area contributed by atoms with Gasteiger partial charge in [0.15, 0.2) is 0 Å². The largest absolute Gasteiger partial charge is 0.508 e. The van der Waals surface area contributed by atoms with Gasteiger partial charge < -0.3 is 5.11 Å². The van der Waals surface area contributed by atoms with Crippen molar-refractivity contribution < 1.29 is 9.32 Å². The summed E-state index contributed by atoms with van der Waals surface area (Å²) >= 11 is 0. The van der Waals surface area contributed by atoms with E-state index >= 15 is 0 Å². The molecule has 0 bridgehead atoms. The maximum absolute atomic E-state index is 11.6. The van der Waals surface area contributed by atoms with E-state index in [-0.39, 0.29) is 5.75 Å². The van der Waals surface area contributed by atoms with E-state index in [0.29, 0.717) is 11.7 Å². The average Bonchev–Trinajstić information content (AvgIpc) is 2.04. The molecule has 0 aliphatic carbocycles. The van der Waals surface area contributed by atoms with E-state index in [2.05, 4.69) is 0 Å². The van der Waals surface area contributed by atoms with E-state index in [4.69, 9.17) is 5.11 Å². The van der Waals surface area contributed by atoms with E-state index in [0.717, 1.165) is 4.90 Å². The molecule has 0 aliphatic heterocycles. The number of benzene rings is 1. The molecule has 0 radical (unpaired) electrons. The Labute approximate surface area is 81.1 Å². The molecule has 1 aromatic rings. The topological polar surface area (TPSA) is 37.3 Å². The molecule has 13 heavy (non-hydrogen) atoms. The van der Waals surface area contributed by atoms with Gasteiger partial charge in [0.05, 0.1) is 10.8 Å². The highest BCUT2D eigenvalue weighted by Gasteiger charge is 2.05. The molecule has 0 heterocycles. The van der Waals surface area contributed by atoms with Crippen LogP contribution in [-0.2, 0) is 10.8 Å². The first kappa shape index (κ1) is 10.3. The van der Waals surface area contributed by atoms with Crippen molar-refractivity contribution in [3.63, 3.8) is 0 Å². The van der Waals surface area contributed by atoms with E-state index < -0.39 is 10.8 Å². The molecule has 0 aromatic heterocycles. The third kappa shape index (κ3) is 3.19. The highest BCUT2D eigenvalue weighted by atomic mass is 32.2. The second-order valence-corrected chi connectivity index (χ2v) is 4.90. The van der Waals surface area contributed by atoms with Gasteiger partial charge in [-0.15, -0.1) is 0 Å². The summed E-state index contributed by atoms with van der Waals surface area (Å²) < 4.78 is 11.6. The number of phenolic OH excluding ortho intramolecular Hbond substituents is 1. The van der Waals surface area contributed by atoms with Crippen molar-refractivity contribution in [2.45, 2.75) is 18.7 Å². The number of rotatable bonds is 3. The Morgan fingerprint density at radius 1 is 1.31 bits per heavy atom. The standard InChI is InChI=1S/C10H14O2S/c1-8(2)7-13(12)10-5-3-9(11)4-6-10/h3-6,8,11H,7H2,1-2H3. The van der Waals surface area contributed by atoms with E-state index in [1.807, 2.05) is 13.8 Å².